The molecule has 1 saturated carbocycles. The second-order valence-corrected chi connectivity index (χ2v) is 7.34. The first kappa shape index (κ1) is 17.7. The number of nitrogens with zero attached hydrogens (tertiary/aromatic N) is 3. The van der Waals surface area contributed by atoms with Gasteiger partial charge in [0.15, 0.2) is 5.65 Å². The molecule has 4 rings (SSSR count). The van der Waals surface area contributed by atoms with Crippen LogP contribution in [0.4, 0.5) is 0 Å². The van der Waals surface area contributed by atoms with Crippen LogP contribution in [0.25, 0.3) is 22.3 Å². The topological polar surface area (TPSA) is 85.8 Å². The monoisotopic (exact) mass is 363 g/mol. The normalized spacial score (nSPS) is 19.5. The average molecular weight is 363 g/mol. The fourth-order valence-electron chi connectivity index (χ4n) is 4.14. The van der Waals surface area contributed by atoms with Crippen LogP contribution in [0.5, 0.6) is 0 Å². The number of amides is 1. The van der Waals surface area contributed by atoms with Crippen molar-refractivity contribution < 1.29 is 4.79 Å². The molecular weight excluding hydrogens is 338 g/mol. The zero-order valence-electron chi connectivity index (χ0n) is 15.8. The molecule has 3 N–H and O–H groups in total. The smallest absolute Gasteiger partial charge is 0.252 e. The SMILES string of the molecule is Cc1nn(C)c2nc(-c3ccccc3)cc(C(=O)NC3CCCC3CN)c12. The summed E-state index contributed by atoms with van der Waals surface area (Å²) in [4.78, 5) is 18.0. The molecule has 2 heterocycles. The van der Waals surface area contributed by atoms with Gasteiger partial charge >= 0.3 is 0 Å². The Labute approximate surface area is 158 Å². The lowest BCUT2D eigenvalue weighted by Crippen LogP contribution is -2.40. The highest BCUT2D eigenvalue weighted by Crippen LogP contribution is 2.29. The Kier molecular flexibility index (Phi) is 4.66. The van der Waals surface area contributed by atoms with Gasteiger partial charge < -0.3 is 11.1 Å². The molecular formula is C21H25N5O. The lowest BCUT2D eigenvalue weighted by molar-refractivity contribution is 0.0930. The van der Waals surface area contributed by atoms with Gasteiger partial charge in [0.2, 0.25) is 0 Å². The van der Waals surface area contributed by atoms with Gasteiger partial charge in [-0.05, 0) is 38.3 Å². The number of aromatic nitrogens is 3. The number of pyridine rings is 1. The molecule has 1 aliphatic carbocycles. The van der Waals surface area contributed by atoms with Crippen molar-refractivity contribution in [2.24, 2.45) is 18.7 Å². The molecule has 0 bridgehead atoms. The van der Waals surface area contributed by atoms with Crippen molar-refractivity contribution in [1.29, 1.82) is 0 Å². The summed E-state index contributed by atoms with van der Waals surface area (Å²) >= 11 is 0. The van der Waals surface area contributed by atoms with Gasteiger partial charge in [-0.15, -0.1) is 0 Å². The quantitative estimate of drug-likeness (QED) is 0.746. The third-order valence-electron chi connectivity index (χ3n) is 5.56. The van der Waals surface area contributed by atoms with Crippen LogP contribution in [-0.4, -0.2) is 33.3 Å². The van der Waals surface area contributed by atoms with E-state index in [1.54, 1.807) is 4.68 Å². The van der Waals surface area contributed by atoms with E-state index in [9.17, 15) is 4.79 Å². The van der Waals surface area contributed by atoms with Gasteiger partial charge in [-0.2, -0.15) is 5.10 Å². The van der Waals surface area contributed by atoms with Crippen LogP contribution in [0, 0.1) is 12.8 Å². The molecule has 2 atom stereocenters. The van der Waals surface area contributed by atoms with E-state index < -0.39 is 0 Å². The molecule has 0 saturated heterocycles. The van der Waals surface area contributed by atoms with Crippen LogP contribution >= 0.6 is 0 Å². The molecule has 1 amide bonds. The number of hydrogen-bond donors (Lipinski definition) is 2. The summed E-state index contributed by atoms with van der Waals surface area (Å²) in [6.07, 6.45) is 3.17. The number of benzene rings is 1. The molecule has 1 aliphatic rings. The summed E-state index contributed by atoms with van der Waals surface area (Å²) in [5.41, 5.74) is 9.80. The Morgan fingerprint density at radius 3 is 2.81 bits per heavy atom. The van der Waals surface area contributed by atoms with Crippen LogP contribution in [0.1, 0.15) is 35.3 Å². The molecule has 140 valence electrons. The van der Waals surface area contributed by atoms with E-state index in [1.807, 2.05) is 50.4 Å². The minimum Gasteiger partial charge on any atom is -0.349 e. The van der Waals surface area contributed by atoms with Crippen LogP contribution in [0.3, 0.4) is 0 Å². The molecule has 0 aliphatic heterocycles. The van der Waals surface area contributed by atoms with Gasteiger partial charge in [0, 0.05) is 18.7 Å². The molecule has 6 heteroatoms. The predicted molar refractivity (Wildman–Crippen MR) is 106 cm³/mol. The van der Waals surface area contributed by atoms with Gasteiger partial charge in [-0.25, -0.2) is 4.98 Å². The first-order valence-corrected chi connectivity index (χ1v) is 9.49. The lowest BCUT2D eigenvalue weighted by Gasteiger charge is -2.20. The third kappa shape index (κ3) is 3.21. The fraction of sp³-hybridized carbons (Fsp3) is 0.381. The van der Waals surface area contributed by atoms with E-state index in [4.69, 9.17) is 10.7 Å². The summed E-state index contributed by atoms with van der Waals surface area (Å²) in [5.74, 6) is 0.288. The standard InChI is InChI=1S/C21H25N5O/c1-13-19-16(21(27)24-17-10-6-9-15(17)12-22)11-18(14-7-4-3-5-8-14)23-20(19)26(2)25-13/h3-5,7-8,11,15,17H,6,9-10,12,22H2,1-2H3,(H,24,27). The molecule has 27 heavy (non-hydrogen) atoms. The van der Waals surface area contributed by atoms with Crippen molar-refractivity contribution in [1.82, 2.24) is 20.1 Å². The van der Waals surface area contributed by atoms with Crippen molar-refractivity contribution in [2.45, 2.75) is 32.2 Å². The Morgan fingerprint density at radius 2 is 2.07 bits per heavy atom. The van der Waals surface area contributed by atoms with Crippen LogP contribution in [-0.2, 0) is 7.05 Å². The van der Waals surface area contributed by atoms with Crippen LogP contribution in [0.15, 0.2) is 36.4 Å². The summed E-state index contributed by atoms with van der Waals surface area (Å²) in [6.45, 7) is 2.53. The van der Waals surface area contributed by atoms with Crippen LogP contribution < -0.4 is 11.1 Å². The third-order valence-corrected chi connectivity index (χ3v) is 5.56. The largest absolute Gasteiger partial charge is 0.349 e. The van der Waals surface area contributed by atoms with Crippen molar-refractivity contribution in [3.63, 3.8) is 0 Å². The lowest BCUT2D eigenvalue weighted by atomic mass is 10.0. The predicted octanol–water partition coefficient (Wildman–Crippen LogP) is 2.80. The molecule has 6 nitrogen and oxygen atoms in total. The van der Waals surface area contributed by atoms with Gasteiger partial charge in [0.1, 0.15) is 0 Å². The van der Waals surface area contributed by atoms with Gasteiger partial charge in [0.25, 0.3) is 5.91 Å². The molecule has 3 aromatic rings. The molecule has 1 fully saturated rings. The number of rotatable bonds is 4. The minimum absolute atomic E-state index is 0.0685. The zero-order chi connectivity index (χ0) is 19.0. The highest BCUT2D eigenvalue weighted by Gasteiger charge is 2.29. The number of carbonyl (C=O) groups is 1. The first-order valence-electron chi connectivity index (χ1n) is 9.49. The summed E-state index contributed by atoms with van der Waals surface area (Å²) in [5, 5.41) is 8.52. The highest BCUT2D eigenvalue weighted by atomic mass is 16.1. The van der Waals surface area contributed by atoms with Crippen molar-refractivity contribution >= 4 is 16.9 Å². The van der Waals surface area contributed by atoms with Crippen molar-refractivity contribution in [2.75, 3.05) is 6.54 Å². The Balaban J connectivity index is 1.79. The van der Waals surface area contributed by atoms with Gasteiger partial charge in [0.05, 0.1) is 22.3 Å². The first-order chi connectivity index (χ1) is 13.1. The second kappa shape index (κ2) is 7.12. The maximum absolute atomic E-state index is 13.2. The maximum Gasteiger partial charge on any atom is 0.252 e. The average Bonchev–Trinajstić information content (AvgIpc) is 3.25. The van der Waals surface area contributed by atoms with E-state index in [1.165, 1.54) is 0 Å². The van der Waals surface area contributed by atoms with E-state index in [0.29, 0.717) is 18.0 Å². The Hall–Kier alpha value is -2.73. The molecule has 2 unspecified atom stereocenters. The van der Waals surface area contributed by atoms with Gasteiger partial charge in [-0.1, -0.05) is 36.8 Å². The number of nitrogens with one attached hydrogen (secondary N) is 1. The second-order valence-electron chi connectivity index (χ2n) is 7.34. The number of nitrogens with two attached hydrogens (primary N) is 1. The molecule has 1 aromatic carbocycles. The van der Waals surface area contributed by atoms with E-state index in [2.05, 4.69) is 10.4 Å². The minimum atomic E-state index is -0.0685. The van der Waals surface area contributed by atoms with Crippen molar-refractivity contribution in [3.05, 3.63) is 47.7 Å². The van der Waals surface area contributed by atoms with E-state index in [-0.39, 0.29) is 11.9 Å². The Bertz CT molecular complexity index is 979. The molecule has 0 radical (unpaired) electrons. The van der Waals surface area contributed by atoms with E-state index >= 15 is 0 Å². The summed E-state index contributed by atoms with van der Waals surface area (Å²) < 4.78 is 1.74. The molecule has 2 aromatic heterocycles. The summed E-state index contributed by atoms with van der Waals surface area (Å²) in [7, 11) is 1.86. The fourth-order valence-corrected chi connectivity index (χ4v) is 4.14. The number of aryl methyl sites for hydroxylation is 2. The maximum atomic E-state index is 13.2. The van der Waals surface area contributed by atoms with Crippen LogP contribution in [0.2, 0.25) is 0 Å². The molecule has 0 spiro atoms. The van der Waals surface area contributed by atoms with E-state index in [0.717, 1.165) is 47.2 Å². The number of carbonyl (C=O) groups excluding carboxylic acids is 1. The zero-order valence-corrected chi connectivity index (χ0v) is 15.8. The Morgan fingerprint density at radius 1 is 1.30 bits per heavy atom. The number of fused-ring (bicyclic) bond motifs is 1. The van der Waals surface area contributed by atoms with Crippen molar-refractivity contribution in [3.8, 4) is 11.3 Å². The number of hydrogen-bond acceptors (Lipinski definition) is 4. The van der Waals surface area contributed by atoms with Gasteiger partial charge in [-0.3, -0.25) is 9.48 Å². The highest BCUT2D eigenvalue weighted by molar-refractivity contribution is 6.07. The summed E-state index contributed by atoms with van der Waals surface area (Å²) in [6, 6.07) is 11.9.